The van der Waals surface area contributed by atoms with E-state index in [9.17, 15) is 10.1 Å². The van der Waals surface area contributed by atoms with Crippen molar-refractivity contribution in [2.45, 2.75) is 25.8 Å². The van der Waals surface area contributed by atoms with Gasteiger partial charge in [-0.05, 0) is 6.42 Å². The molecule has 7 nitrogen and oxygen atoms in total. The molecule has 0 bridgehead atoms. The Morgan fingerprint density at radius 3 is 2.71 bits per heavy atom. The second-order valence-electron chi connectivity index (χ2n) is 4.41. The Balaban J connectivity index is 2.39. The fourth-order valence-electron chi connectivity index (χ4n) is 2.19. The number of anilines is 1. The van der Waals surface area contributed by atoms with Gasteiger partial charge in [-0.3, -0.25) is 10.1 Å². The largest absolute Gasteiger partial charge is 0.348 e. The molecule has 17 heavy (non-hydrogen) atoms. The minimum Gasteiger partial charge on any atom is -0.348 e. The Morgan fingerprint density at radius 2 is 2.24 bits per heavy atom. The van der Waals surface area contributed by atoms with Gasteiger partial charge in [0.1, 0.15) is 5.69 Å². The maximum Gasteiger partial charge on any atom is 0.334 e. The van der Waals surface area contributed by atoms with Crippen molar-refractivity contribution in [3.05, 3.63) is 15.8 Å². The minimum absolute atomic E-state index is 0.110. The van der Waals surface area contributed by atoms with E-state index in [4.69, 9.17) is 5.73 Å². The van der Waals surface area contributed by atoms with Crippen molar-refractivity contribution in [1.82, 2.24) is 9.78 Å². The summed E-state index contributed by atoms with van der Waals surface area (Å²) in [5, 5.41) is 15.4. The van der Waals surface area contributed by atoms with E-state index >= 15 is 0 Å². The summed E-state index contributed by atoms with van der Waals surface area (Å²) in [6.45, 7) is 3.30. The standard InChI is InChI=1S/C10H17N5O2/c1-3-4-8-9(15(16)17)10(13(2)12-8)14-5-7(11)6-14/h7H,3-6,11H2,1-2H3. The molecular formula is C10H17N5O2. The third kappa shape index (κ3) is 1.97. The average molecular weight is 239 g/mol. The highest BCUT2D eigenvalue weighted by Crippen LogP contribution is 2.34. The molecule has 1 aromatic rings. The Kier molecular flexibility index (Phi) is 3.01. The second-order valence-corrected chi connectivity index (χ2v) is 4.41. The van der Waals surface area contributed by atoms with Crippen LogP contribution < -0.4 is 10.6 Å². The first kappa shape index (κ1) is 11.8. The van der Waals surface area contributed by atoms with Crippen LogP contribution in [0.15, 0.2) is 0 Å². The van der Waals surface area contributed by atoms with Crippen LogP contribution in [-0.4, -0.2) is 33.8 Å². The smallest absolute Gasteiger partial charge is 0.334 e. The number of nitro groups is 1. The molecule has 1 fully saturated rings. The monoisotopic (exact) mass is 239 g/mol. The third-order valence-corrected chi connectivity index (χ3v) is 2.94. The predicted octanol–water partition coefficient (Wildman–Crippen LogP) is 0.428. The normalized spacial score (nSPS) is 16.1. The van der Waals surface area contributed by atoms with E-state index in [2.05, 4.69) is 5.10 Å². The van der Waals surface area contributed by atoms with E-state index in [1.165, 1.54) is 0 Å². The van der Waals surface area contributed by atoms with Crippen LogP contribution in [0, 0.1) is 10.1 Å². The predicted molar refractivity (Wildman–Crippen MR) is 64.0 cm³/mol. The zero-order chi connectivity index (χ0) is 12.6. The molecule has 0 unspecified atom stereocenters. The molecular weight excluding hydrogens is 222 g/mol. The van der Waals surface area contributed by atoms with Crippen molar-refractivity contribution < 1.29 is 4.92 Å². The highest BCUT2D eigenvalue weighted by molar-refractivity contribution is 5.63. The van der Waals surface area contributed by atoms with Gasteiger partial charge in [0.15, 0.2) is 0 Å². The van der Waals surface area contributed by atoms with E-state index in [-0.39, 0.29) is 16.7 Å². The lowest BCUT2D eigenvalue weighted by molar-refractivity contribution is -0.384. The maximum atomic E-state index is 11.2. The molecule has 0 aliphatic carbocycles. The van der Waals surface area contributed by atoms with Gasteiger partial charge in [-0.1, -0.05) is 13.3 Å². The van der Waals surface area contributed by atoms with Gasteiger partial charge in [-0.25, -0.2) is 4.68 Å². The first-order chi connectivity index (χ1) is 8.04. The van der Waals surface area contributed by atoms with E-state index in [1.807, 2.05) is 11.8 Å². The summed E-state index contributed by atoms with van der Waals surface area (Å²) in [5.41, 5.74) is 6.41. The lowest BCUT2D eigenvalue weighted by Crippen LogP contribution is -2.56. The average Bonchev–Trinajstić information content (AvgIpc) is 2.51. The van der Waals surface area contributed by atoms with E-state index in [1.54, 1.807) is 11.7 Å². The number of hydrogen-bond donors (Lipinski definition) is 1. The van der Waals surface area contributed by atoms with Crippen LogP contribution in [0.5, 0.6) is 0 Å². The van der Waals surface area contributed by atoms with Crippen LogP contribution in [0.2, 0.25) is 0 Å². The molecule has 2 N–H and O–H groups in total. The lowest BCUT2D eigenvalue weighted by Gasteiger charge is -2.37. The minimum atomic E-state index is -0.336. The van der Waals surface area contributed by atoms with Crippen LogP contribution in [-0.2, 0) is 13.5 Å². The Labute approximate surface area is 99.3 Å². The first-order valence-corrected chi connectivity index (χ1v) is 5.75. The van der Waals surface area contributed by atoms with Crippen molar-refractivity contribution in [2.75, 3.05) is 18.0 Å². The number of nitrogens with zero attached hydrogens (tertiary/aromatic N) is 4. The Bertz CT molecular complexity index is 436. The number of hydrogen-bond acceptors (Lipinski definition) is 5. The maximum absolute atomic E-state index is 11.2. The van der Waals surface area contributed by atoms with Crippen molar-refractivity contribution in [3.8, 4) is 0 Å². The molecule has 0 radical (unpaired) electrons. The molecule has 94 valence electrons. The van der Waals surface area contributed by atoms with Gasteiger partial charge in [-0.2, -0.15) is 5.10 Å². The zero-order valence-electron chi connectivity index (χ0n) is 10.1. The summed E-state index contributed by atoms with van der Waals surface area (Å²) in [6.07, 6.45) is 1.47. The van der Waals surface area contributed by atoms with Gasteiger partial charge in [0, 0.05) is 26.2 Å². The lowest BCUT2D eigenvalue weighted by atomic mass is 10.1. The van der Waals surface area contributed by atoms with Crippen LogP contribution in [0.4, 0.5) is 11.5 Å². The fraction of sp³-hybridized carbons (Fsp3) is 0.700. The van der Waals surface area contributed by atoms with Gasteiger partial charge < -0.3 is 10.6 Å². The molecule has 0 spiro atoms. The van der Waals surface area contributed by atoms with Gasteiger partial charge in [0.05, 0.1) is 4.92 Å². The molecule has 2 heterocycles. The van der Waals surface area contributed by atoms with E-state index in [0.29, 0.717) is 31.0 Å². The van der Waals surface area contributed by atoms with E-state index < -0.39 is 0 Å². The van der Waals surface area contributed by atoms with Gasteiger partial charge >= 0.3 is 5.69 Å². The van der Waals surface area contributed by atoms with Crippen LogP contribution in [0.25, 0.3) is 0 Å². The number of rotatable bonds is 4. The van der Waals surface area contributed by atoms with Crippen LogP contribution >= 0.6 is 0 Å². The van der Waals surface area contributed by atoms with Gasteiger partial charge in [0.25, 0.3) is 0 Å². The topological polar surface area (TPSA) is 90.2 Å². The summed E-state index contributed by atoms with van der Waals surface area (Å²) in [4.78, 5) is 12.7. The van der Waals surface area contributed by atoms with Crippen LogP contribution in [0.3, 0.4) is 0 Å². The molecule has 1 aliphatic rings. The van der Waals surface area contributed by atoms with Crippen molar-refractivity contribution >= 4 is 11.5 Å². The quantitative estimate of drug-likeness (QED) is 0.607. The van der Waals surface area contributed by atoms with Crippen molar-refractivity contribution in [2.24, 2.45) is 12.8 Å². The molecule has 0 aromatic carbocycles. The van der Waals surface area contributed by atoms with Gasteiger partial charge in [-0.15, -0.1) is 0 Å². The van der Waals surface area contributed by atoms with Crippen LogP contribution in [0.1, 0.15) is 19.0 Å². The first-order valence-electron chi connectivity index (χ1n) is 5.75. The molecule has 1 saturated heterocycles. The molecule has 7 heteroatoms. The summed E-state index contributed by atoms with van der Waals surface area (Å²) >= 11 is 0. The molecule has 0 amide bonds. The zero-order valence-corrected chi connectivity index (χ0v) is 10.1. The second kappa shape index (κ2) is 4.33. The highest BCUT2D eigenvalue weighted by atomic mass is 16.6. The SMILES string of the molecule is CCCc1nn(C)c(N2CC(N)C2)c1[N+](=O)[O-]. The summed E-state index contributed by atoms with van der Waals surface area (Å²) in [5.74, 6) is 0.583. The number of aromatic nitrogens is 2. The number of nitrogens with two attached hydrogens (primary N) is 1. The molecule has 2 rings (SSSR count). The summed E-state index contributed by atoms with van der Waals surface area (Å²) in [6, 6.07) is 0.110. The summed E-state index contributed by atoms with van der Waals surface area (Å²) < 4.78 is 1.59. The van der Waals surface area contributed by atoms with Crippen molar-refractivity contribution in [3.63, 3.8) is 0 Å². The molecule has 1 aliphatic heterocycles. The Hall–Kier alpha value is -1.63. The molecule has 0 saturated carbocycles. The van der Waals surface area contributed by atoms with Gasteiger partial charge in [0.2, 0.25) is 5.82 Å². The Morgan fingerprint density at radius 1 is 1.59 bits per heavy atom. The fourth-order valence-corrected chi connectivity index (χ4v) is 2.19. The molecule has 0 atom stereocenters. The highest BCUT2D eigenvalue weighted by Gasteiger charge is 2.35. The number of aryl methyl sites for hydroxylation is 2. The summed E-state index contributed by atoms with van der Waals surface area (Å²) in [7, 11) is 1.74. The third-order valence-electron chi connectivity index (χ3n) is 2.94. The van der Waals surface area contributed by atoms with Crippen molar-refractivity contribution in [1.29, 1.82) is 0 Å². The molecule has 1 aromatic heterocycles. The van der Waals surface area contributed by atoms with E-state index in [0.717, 1.165) is 6.42 Å².